The maximum Gasteiger partial charge on any atom is 0.180 e. The number of ether oxygens (including phenoxy) is 1. The fraction of sp³-hybridized carbons (Fsp3) is 0.333. The second kappa shape index (κ2) is 4.45. The van der Waals surface area contributed by atoms with Gasteiger partial charge in [-0.1, -0.05) is 0 Å². The molecule has 0 unspecified atom stereocenters. The second-order valence-electron chi connectivity index (χ2n) is 4.18. The molecule has 0 saturated heterocycles. The molecule has 2 N–H and O–H groups in total. The summed E-state index contributed by atoms with van der Waals surface area (Å²) >= 11 is 1.57. The maximum absolute atomic E-state index is 5.74. The number of nitrogen functional groups attached to an aromatic ring is 1. The molecule has 0 aliphatic carbocycles. The van der Waals surface area contributed by atoms with Gasteiger partial charge in [0.1, 0.15) is 5.75 Å². The second-order valence-corrected chi connectivity index (χ2v) is 5.29. The molecule has 0 saturated carbocycles. The van der Waals surface area contributed by atoms with E-state index in [9.17, 15) is 0 Å². The molecule has 1 aliphatic heterocycles. The van der Waals surface area contributed by atoms with Crippen LogP contribution >= 0.6 is 11.3 Å². The van der Waals surface area contributed by atoms with Crippen molar-refractivity contribution in [3.05, 3.63) is 29.0 Å². The molecule has 1 aliphatic rings. The Morgan fingerprint density at radius 3 is 3.17 bits per heavy atom. The molecular weight excluding hydrogens is 248 g/mol. The predicted octanol–water partition coefficient (Wildman–Crippen LogP) is 1.69. The van der Waals surface area contributed by atoms with Crippen LogP contribution in [0, 0.1) is 0 Å². The molecule has 3 heterocycles. The summed E-state index contributed by atoms with van der Waals surface area (Å²) in [5.74, 6) is 0.780. The van der Waals surface area contributed by atoms with Crippen molar-refractivity contribution in [3.63, 3.8) is 0 Å². The zero-order valence-electron chi connectivity index (χ0n) is 10.1. The van der Waals surface area contributed by atoms with Gasteiger partial charge in [0, 0.05) is 23.9 Å². The standard InChI is InChI=1S/C12H14N4OS/c1-17-9-4-8(5-14-6-9)16-3-2-10-11(7-16)18-12(13)15-10/h4-6H,2-3,7H2,1H3,(H2,13,15). The van der Waals surface area contributed by atoms with Gasteiger partial charge in [-0.05, 0) is 0 Å². The third kappa shape index (κ3) is 1.99. The van der Waals surface area contributed by atoms with Crippen LogP contribution in [0.2, 0.25) is 0 Å². The molecule has 2 aromatic heterocycles. The maximum atomic E-state index is 5.74. The van der Waals surface area contributed by atoms with Crippen molar-refractivity contribution in [2.45, 2.75) is 13.0 Å². The van der Waals surface area contributed by atoms with Gasteiger partial charge in [0.25, 0.3) is 0 Å². The van der Waals surface area contributed by atoms with Gasteiger partial charge < -0.3 is 15.4 Å². The van der Waals surface area contributed by atoms with Crippen molar-refractivity contribution < 1.29 is 4.74 Å². The average Bonchev–Trinajstić information content (AvgIpc) is 2.77. The summed E-state index contributed by atoms with van der Waals surface area (Å²) < 4.78 is 5.20. The molecule has 0 radical (unpaired) electrons. The van der Waals surface area contributed by atoms with Crippen LogP contribution in [0.25, 0.3) is 0 Å². The zero-order valence-corrected chi connectivity index (χ0v) is 10.9. The Balaban J connectivity index is 1.86. The summed E-state index contributed by atoms with van der Waals surface area (Å²) in [5, 5.41) is 0.658. The summed E-state index contributed by atoms with van der Waals surface area (Å²) in [6.07, 6.45) is 4.50. The first-order valence-electron chi connectivity index (χ1n) is 5.74. The Hall–Kier alpha value is -1.82. The zero-order chi connectivity index (χ0) is 12.5. The molecule has 0 amide bonds. The van der Waals surface area contributed by atoms with Crippen LogP contribution in [0.15, 0.2) is 18.5 Å². The van der Waals surface area contributed by atoms with Crippen molar-refractivity contribution >= 4 is 22.2 Å². The van der Waals surface area contributed by atoms with Crippen LogP contribution in [-0.4, -0.2) is 23.6 Å². The molecule has 94 valence electrons. The number of hydrogen-bond donors (Lipinski definition) is 1. The molecule has 0 atom stereocenters. The lowest BCUT2D eigenvalue weighted by atomic mass is 10.1. The van der Waals surface area contributed by atoms with E-state index in [4.69, 9.17) is 10.5 Å². The molecule has 0 fully saturated rings. The Labute approximate surface area is 109 Å². The van der Waals surface area contributed by atoms with Gasteiger partial charge >= 0.3 is 0 Å². The SMILES string of the molecule is COc1cncc(N2CCc3nc(N)sc3C2)c1. The van der Waals surface area contributed by atoms with Gasteiger partial charge in [-0.2, -0.15) is 0 Å². The lowest BCUT2D eigenvalue weighted by Crippen LogP contribution is -2.29. The summed E-state index contributed by atoms with van der Waals surface area (Å²) in [6, 6.07) is 2.00. The van der Waals surface area contributed by atoms with Crippen LogP contribution in [0.1, 0.15) is 10.6 Å². The number of nitrogens with zero attached hydrogens (tertiary/aromatic N) is 3. The van der Waals surface area contributed by atoms with Crippen LogP contribution in [0.3, 0.4) is 0 Å². The monoisotopic (exact) mass is 262 g/mol. The summed E-state index contributed by atoms with van der Waals surface area (Å²) in [6.45, 7) is 1.78. The molecule has 18 heavy (non-hydrogen) atoms. The number of thiazole rings is 1. The highest BCUT2D eigenvalue weighted by Gasteiger charge is 2.20. The van der Waals surface area contributed by atoms with E-state index in [0.717, 1.165) is 36.6 Å². The highest BCUT2D eigenvalue weighted by Crippen LogP contribution is 2.30. The largest absolute Gasteiger partial charge is 0.495 e. The van der Waals surface area contributed by atoms with E-state index in [2.05, 4.69) is 14.9 Å². The Bertz CT molecular complexity index is 569. The first kappa shape index (κ1) is 11.3. The smallest absolute Gasteiger partial charge is 0.180 e. The Morgan fingerprint density at radius 1 is 1.44 bits per heavy atom. The predicted molar refractivity (Wildman–Crippen MR) is 72.1 cm³/mol. The van der Waals surface area contributed by atoms with E-state index in [1.54, 1.807) is 24.6 Å². The van der Waals surface area contributed by atoms with E-state index in [1.165, 1.54) is 4.88 Å². The first-order chi connectivity index (χ1) is 8.76. The van der Waals surface area contributed by atoms with Crippen molar-refractivity contribution in [1.82, 2.24) is 9.97 Å². The van der Waals surface area contributed by atoms with Crippen molar-refractivity contribution in [2.75, 3.05) is 24.3 Å². The van der Waals surface area contributed by atoms with E-state index in [0.29, 0.717) is 5.13 Å². The number of methoxy groups -OCH3 is 1. The minimum atomic E-state index is 0.658. The van der Waals surface area contributed by atoms with Crippen LogP contribution in [0.5, 0.6) is 5.75 Å². The van der Waals surface area contributed by atoms with Gasteiger partial charge in [-0.25, -0.2) is 4.98 Å². The van der Waals surface area contributed by atoms with Crippen LogP contribution in [-0.2, 0) is 13.0 Å². The van der Waals surface area contributed by atoms with Gasteiger partial charge in [0.2, 0.25) is 0 Å². The fourth-order valence-corrected chi connectivity index (χ4v) is 3.02. The molecule has 0 spiro atoms. The van der Waals surface area contributed by atoms with Crippen molar-refractivity contribution in [3.8, 4) is 5.75 Å². The van der Waals surface area contributed by atoms with Crippen LogP contribution < -0.4 is 15.4 Å². The molecular formula is C12H14N4OS. The lowest BCUT2D eigenvalue weighted by Gasteiger charge is -2.27. The topological polar surface area (TPSA) is 64.3 Å². The Kier molecular flexibility index (Phi) is 2.79. The van der Waals surface area contributed by atoms with Gasteiger partial charge in [0.15, 0.2) is 5.13 Å². The summed E-state index contributed by atoms with van der Waals surface area (Å²) in [5.41, 5.74) is 7.96. The highest BCUT2D eigenvalue weighted by molar-refractivity contribution is 7.15. The minimum absolute atomic E-state index is 0.658. The van der Waals surface area contributed by atoms with E-state index in [-0.39, 0.29) is 0 Å². The highest BCUT2D eigenvalue weighted by atomic mass is 32.1. The summed E-state index contributed by atoms with van der Waals surface area (Å²) in [4.78, 5) is 12.1. The normalized spacial score (nSPS) is 14.4. The quantitative estimate of drug-likeness (QED) is 0.892. The fourth-order valence-electron chi connectivity index (χ4n) is 2.13. The molecule has 5 nitrogen and oxygen atoms in total. The molecule has 0 bridgehead atoms. The number of rotatable bonds is 2. The number of nitrogens with two attached hydrogens (primary N) is 1. The van der Waals surface area contributed by atoms with E-state index < -0.39 is 0 Å². The number of hydrogen-bond acceptors (Lipinski definition) is 6. The number of pyridine rings is 1. The van der Waals surface area contributed by atoms with Gasteiger partial charge in [-0.3, -0.25) is 4.98 Å². The van der Waals surface area contributed by atoms with Crippen LogP contribution in [0.4, 0.5) is 10.8 Å². The molecule has 0 aromatic carbocycles. The number of aromatic nitrogens is 2. The summed E-state index contributed by atoms with van der Waals surface area (Å²) in [7, 11) is 1.65. The van der Waals surface area contributed by atoms with E-state index in [1.807, 2.05) is 12.3 Å². The van der Waals surface area contributed by atoms with Gasteiger partial charge in [0.05, 0.1) is 37.4 Å². The average molecular weight is 262 g/mol. The number of anilines is 2. The third-order valence-electron chi connectivity index (χ3n) is 3.05. The molecule has 3 rings (SSSR count). The Morgan fingerprint density at radius 2 is 2.33 bits per heavy atom. The molecule has 6 heteroatoms. The minimum Gasteiger partial charge on any atom is -0.495 e. The van der Waals surface area contributed by atoms with Gasteiger partial charge in [-0.15, -0.1) is 11.3 Å². The third-order valence-corrected chi connectivity index (χ3v) is 3.96. The van der Waals surface area contributed by atoms with E-state index >= 15 is 0 Å². The molecule has 2 aromatic rings. The first-order valence-corrected chi connectivity index (χ1v) is 6.56. The number of fused-ring (bicyclic) bond motifs is 1. The van der Waals surface area contributed by atoms with Crippen molar-refractivity contribution in [2.24, 2.45) is 0 Å². The lowest BCUT2D eigenvalue weighted by molar-refractivity contribution is 0.413. The van der Waals surface area contributed by atoms with Crippen molar-refractivity contribution in [1.29, 1.82) is 0 Å².